The normalized spacial score (nSPS) is 11.8. The molecule has 0 aliphatic rings. The predicted octanol–water partition coefficient (Wildman–Crippen LogP) is 0.143. The summed E-state index contributed by atoms with van der Waals surface area (Å²) in [6, 6.07) is -0.772. The fraction of sp³-hybridized carbons (Fsp3) is 0.571. The molecule has 0 aromatic rings. The maximum absolute atomic E-state index is 10.6. The van der Waals surface area contributed by atoms with Gasteiger partial charge >= 0.3 is 6.09 Å². The van der Waals surface area contributed by atoms with Crippen molar-refractivity contribution in [3.63, 3.8) is 0 Å². The monoisotopic (exact) mass is 173 g/mol. The number of hydrogen-bond donors (Lipinski definition) is 1. The van der Waals surface area contributed by atoms with Crippen LogP contribution >= 0.6 is 0 Å². The minimum atomic E-state index is -1.26. The third-order valence-corrected chi connectivity index (χ3v) is 1.33. The molecule has 1 amide bonds. The van der Waals surface area contributed by atoms with E-state index in [1.165, 1.54) is 13.8 Å². The topological polar surface area (TPSA) is 74.7 Å². The molecule has 0 saturated carbocycles. The molecule has 68 valence electrons. The van der Waals surface area contributed by atoms with Gasteiger partial charge in [0.05, 0.1) is 12.6 Å². The zero-order chi connectivity index (χ0) is 9.72. The maximum atomic E-state index is 10.6. The lowest BCUT2D eigenvalue weighted by Gasteiger charge is -2.20. The van der Waals surface area contributed by atoms with Gasteiger partial charge in [0.1, 0.15) is 12.1 Å². The number of Topliss-reactive ketones (excluding diaryl/α,β-unsaturated/α-hetero) is 1. The molecule has 5 nitrogen and oxygen atoms in total. The number of rotatable bonds is 4. The second-order valence-corrected chi connectivity index (χ2v) is 2.49. The highest BCUT2D eigenvalue weighted by Crippen LogP contribution is 1.96. The maximum Gasteiger partial charge on any atom is 0.408 e. The number of carbonyl (C=O) groups excluding carboxylic acids is 2. The molecule has 0 spiro atoms. The van der Waals surface area contributed by atoms with Crippen LogP contribution in [0.5, 0.6) is 0 Å². The summed E-state index contributed by atoms with van der Waals surface area (Å²) in [5.74, 6) is -0.286. The minimum absolute atomic E-state index is 0.241. The van der Waals surface area contributed by atoms with Crippen LogP contribution in [0.15, 0.2) is 0 Å². The van der Waals surface area contributed by atoms with Gasteiger partial charge in [0.15, 0.2) is 0 Å². The van der Waals surface area contributed by atoms with E-state index in [1.54, 1.807) is 0 Å². The van der Waals surface area contributed by atoms with Gasteiger partial charge in [-0.1, -0.05) is 0 Å². The highest BCUT2D eigenvalue weighted by molar-refractivity contribution is 5.83. The first-order chi connectivity index (χ1) is 5.49. The molecule has 0 aromatic heterocycles. The number of amides is 1. The molecule has 1 N–H and O–H groups in total. The molecule has 0 aromatic carbocycles. The molecule has 0 radical (unpaired) electrons. The molecular formula is C7H11NO4. The van der Waals surface area contributed by atoms with Gasteiger partial charge in [-0.15, -0.1) is 0 Å². The molecule has 1 atom stereocenters. The van der Waals surface area contributed by atoms with Gasteiger partial charge in [-0.2, -0.15) is 0 Å². The summed E-state index contributed by atoms with van der Waals surface area (Å²) >= 11 is 0. The molecule has 0 rings (SSSR count). The van der Waals surface area contributed by atoms with Crippen LogP contribution in [0, 0.1) is 0 Å². The van der Waals surface area contributed by atoms with E-state index >= 15 is 0 Å². The zero-order valence-corrected chi connectivity index (χ0v) is 6.98. The number of carboxylic acid groups (broad SMARTS) is 1. The average molecular weight is 173 g/mol. The number of ketones is 1. The van der Waals surface area contributed by atoms with Crippen molar-refractivity contribution in [1.29, 1.82) is 0 Å². The Kier molecular flexibility index (Phi) is 3.96. The summed E-state index contributed by atoms with van der Waals surface area (Å²) in [5, 5.41) is 8.54. The van der Waals surface area contributed by atoms with Gasteiger partial charge in [0, 0.05) is 0 Å². The van der Waals surface area contributed by atoms with Crippen molar-refractivity contribution >= 4 is 18.2 Å². The smallest absolute Gasteiger partial charge is 0.408 e. The van der Waals surface area contributed by atoms with Crippen LogP contribution in [0.4, 0.5) is 4.79 Å². The Bertz CT molecular complexity index is 202. The summed E-state index contributed by atoms with van der Waals surface area (Å²) < 4.78 is 0. The van der Waals surface area contributed by atoms with Crippen LogP contribution in [-0.2, 0) is 9.59 Å². The first-order valence-electron chi connectivity index (χ1n) is 3.43. The van der Waals surface area contributed by atoms with Crippen LogP contribution in [0.1, 0.15) is 13.8 Å². The predicted molar refractivity (Wildman–Crippen MR) is 40.9 cm³/mol. The van der Waals surface area contributed by atoms with Crippen LogP contribution in [0.25, 0.3) is 0 Å². The van der Waals surface area contributed by atoms with Crippen molar-refractivity contribution < 1.29 is 19.5 Å². The Morgan fingerprint density at radius 2 is 2.08 bits per heavy atom. The van der Waals surface area contributed by atoms with Crippen molar-refractivity contribution in [3.8, 4) is 0 Å². The second-order valence-electron chi connectivity index (χ2n) is 2.49. The Morgan fingerprint density at radius 3 is 2.33 bits per heavy atom. The number of nitrogens with zero attached hydrogens (tertiary/aromatic N) is 1. The van der Waals surface area contributed by atoms with Crippen LogP contribution in [-0.4, -0.2) is 40.8 Å². The summed E-state index contributed by atoms with van der Waals surface area (Å²) in [6.07, 6.45) is -0.776. The summed E-state index contributed by atoms with van der Waals surface area (Å²) in [6.45, 7) is 2.45. The molecule has 5 heteroatoms. The Labute approximate surface area is 70.0 Å². The first-order valence-corrected chi connectivity index (χ1v) is 3.43. The van der Waals surface area contributed by atoms with Crippen molar-refractivity contribution in [1.82, 2.24) is 4.90 Å². The largest absolute Gasteiger partial charge is 0.465 e. The number of carbonyl (C=O) groups is 3. The molecule has 0 bridgehead atoms. The highest BCUT2D eigenvalue weighted by atomic mass is 16.4. The molecule has 0 fully saturated rings. The van der Waals surface area contributed by atoms with E-state index < -0.39 is 12.1 Å². The van der Waals surface area contributed by atoms with Gasteiger partial charge in [0.25, 0.3) is 0 Å². The second kappa shape index (κ2) is 4.48. The summed E-state index contributed by atoms with van der Waals surface area (Å²) in [7, 11) is 0. The quantitative estimate of drug-likeness (QED) is 0.614. The standard InChI is InChI=1S/C7H11NO4/c1-5(4-9)8(7(11)12)3-6(2)10/h4-5H,3H2,1-2H3,(H,11,12)/t5-/m0/s1. The van der Waals surface area contributed by atoms with Crippen molar-refractivity contribution in [3.05, 3.63) is 0 Å². The van der Waals surface area contributed by atoms with Crippen LogP contribution < -0.4 is 0 Å². The van der Waals surface area contributed by atoms with E-state index in [-0.39, 0.29) is 12.3 Å². The third kappa shape index (κ3) is 3.14. The van der Waals surface area contributed by atoms with E-state index in [4.69, 9.17) is 5.11 Å². The van der Waals surface area contributed by atoms with Crippen LogP contribution in [0.2, 0.25) is 0 Å². The van der Waals surface area contributed by atoms with Crippen molar-refractivity contribution in [2.75, 3.05) is 6.54 Å². The molecule has 0 saturated heterocycles. The molecule has 12 heavy (non-hydrogen) atoms. The molecule has 0 unspecified atom stereocenters. The molecular weight excluding hydrogens is 162 g/mol. The fourth-order valence-electron chi connectivity index (χ4n) is 0.699. The zero-order valence-electron chi connectivity index (χ0n) is 6.98. The minimum Gasteiger partial charge on any atom is -0.465 e. The lowest BCUT2D eigenvalue weighted by atomic mass is 10.3. The Morgan fingerprint density at radius 1 is 1.58 bits per heavy atom. The number of hydrogen-bond acceptors (Lipinski definition) is 3. The van der Waals surface area contributed by atoms with Gasteiger partial charge in [-0.3, -0.25) is 9.69 Å². The lowest BCUT2D eigenvalue weighted by molar-refractivity contribution is -0.119. The van der Waals surface area contributed by atoms with E-state index in [0.717, 1.165) is 4.90 Å². The van der Waals surface area contributed by atoms with E-state index in [1.807, 2.05) is 0 Å². The number of aldehydes is 1. The Hall–Kier alpha value is -1.39. The van der Waals surface area contributed by atoms with E-state index in [9.17, 15) is 14.4 Å². The lowest BCUT2D eigenvalue weighted by Crippen LogP contribution is -2.41. The first kappa shape index (κ1) is 10.6. The van der Waals surface area contributed by atoms with Crippen molar-refractivity contribution in [2.24, 2.45) is 0 Å². The van der Waals surface area contributed by atoms with Crippen molar-refractivity contribution in [2.45, 2.75) is 19.9 Å². The van der Waals surface area contributed by atoms with Crippen LogP contribution in [0.3, 0.4) is 0 Å². The van der Waals surface area contributed by atoms with Gasteiger partial charge in [-0.25, -0.2) is 4.79 Å². The van der Waals surface area contributed by atoms with E-state index in [0.29, 0.717) is 6.29 Å². The highest BCUT2D eigenvalue weighted by Gasteiger charge is 2.19. The molecule has 0 aliphatic heterocycles. The van der Waals surface area contributed by atoms with Gasteiger partial charge in [0.2, 0.25) is 0 Å². The molecule has 0 aliphatic carbocycles. The average Bonchev–Trinajstić information content (AvgIpc) is 1.98. The fourth-order valence-corrected chi connectivity index (χ4v) is 0.699. The SMILES string of the molecule is CC(=O)CN(C(=O)O)[C@@H](C)C=O. The third-order valence-electron chi connectivity index (χ3n) is 1.33. The molecule has 0 heterocycles. The van der Waals surface area contributed by atoms with E-state index in [2.05, 4.69) is 0 Å². The Balaban J connectivity index is 4.32. The summed E-state index contributed by atoms with van der Waals surface area (Å²) in [5.41, 5.74) is 0. The van der Waals surface area contributed by atoms with Gasteiger partial charge < -0.3 is 9.90 Å². The van der Waals surface area contributed by atoms with Gasteiger partial charge in [-0.05, 0) is 13.8 Å². The summed E-state index contributed by atoms with van der Waals surface area (Å²) in [4.78, 5) is 32.0.